The van der Waals surface area contributed by atoms with E-state index in [2.05, 4.69) is 4.99 Å². The van der Waals surface area contributed by atoms with E-state index in [1.807, 2.05) is 30.3 Å². The predicted molar refractivity (Wildman–Crippen MR) is 59.7 cm³/mol. The zero-order chi connectivity index (χ0) is 9.54. The van der Waals surface area contributed by atoms with Gasteiger partial charge in [0, 0.05) is 5.56 Å². The highest BCUT2D eigenvalue weighted by molar-refractivity contribution is 7.80. The average molecular weight is 201 g/mol. The van der Waals surface area contributed by atoms with Gasteiger partial charge in [-0.25, -0.2) is 4.99 Å². The Bertz CT molecular complexity index is 488. The lowest BCUT2D eigenvalue weighted by molar-refractivity contribution is 0.530. The largest absolute Gasteiger partial charge is 0.442 e. The van der Waals surface area contributed by atoms with Gasteiger partial charge in [0.05, 0.1) is 6.42 Å². The van der Waals surface area contributed by atoms with Crippen molar-refractivity contribution < 1.29 is 4.74 Å². The van der Waals surface area contributed by atoms with Crippen molar-refractivity contribution in [2.75, 3.05) is 0 Å². The van der Waals surface area contributed by atoms with Gasteiger partial charge in [-0.05, 0) is 17.7 Å². The second-order valence-corrected chi connectivity index (χ2v) is 3.71. The summed E-state index contributed by atoms with van der Waals surface area (Å²) in [6.45, 7) is 0. The Kier molecular flexibility index (Phi) is 1.55. The van der Waals surface area contributed by atoms with Gasteiger partial charge in [-0.2, -0.15) is 0 Å². The molecule has 2 nitrogen and oxygen atoms in total. The molecule has 2 aliphatic heterocycles. The maximum absolute atomic E-state index is 5.59. The molecule has 0 saturated heterocycles. The first-order valence-corrected chi connectivity index (χ1v) is 4.83. The third-order valence-corrected chi connectivity index (χ3v) is 2.54. The van der Waals surface area contributed by atoms with Crippen molar-refractivity contribution in [1.29, 1.82) is 0 Å². The van der Waals surface area contributed by atoms with Crippen molar-refractivity contribution in [2.45, 2.75) is 6.42 Å². The molecule has 0 saturated carbocycles. The van der Waals surface area contributed by atoms with Gasteiger partial charge in [0.25, 0.3) is 0 Å². The predicted octanol–water partition coefficient (Wildman–Crippen LogP) is 2.59. The first-order chi connectivity index (χ1) is 6.83. The lowest BCUT2D eigenvalue weighted by Crippen LogP contribution is -2.20. The molecule has 2 aliphatic rings. The Morgan fingerprint density at radius 2 is 2.14 bits per heavy atom. The maximum Gasteiger partial charge on any atom is 0.200 e. The van der Waals surface area contributed by atoms with Gasteiger partial charge >= 0.3 is 0 Å². The first kappa shape index (κ1) is 7.88. The molecule has 0 N–H and O–H groups in total. The Hall–Kier alpha value is -1.48. The van der Waals surface area contributed by atoms with Crippen molar-refractivity contribution >= 4 is 28.7 Å². The lowest BCUT2D eigenvalue weighted by Gasteiger charge is -2.23. The normalized spacial score (nSPS) is 17.9. The van der Waals surface area contributed by atoms with Gasteiger partial charge in [-0.15, -0.1) is 0 Å². The van der Waals surface area contributed by atoms with Crippen LogP contribution in [0.1, 0.15) is 12.0 Å². The van der Waals surface area contributed by atoms with Crippen LogP contribution >= 0.6 is 12.2 Å². The van der Waals surface area contributed by atoms with Crippen molar-refractivity contribution in [3.8, 4) is 5.75 Å². The van der Waals surface area contributed by atoms with Crippen LogP contribution in [0.4, 0.5) is 0 Å². The van der Waals surface area contributed by atoms with Gasteiger partial charge in [0.2, 0.25) is 5.90 Å². The molecule has 68 valence electrons. The lowest BCUT2D eigenvalue weighted by atomic mass is 9.97. The van der Waals surface area contributed by atoms with Gasteiger partial charge < -0.3 is 4.74 Å². The van der Waals surface area contributed by atoms with Gasteiger partial charge in [-0.3, -0.25) is 0 Å². The minimum absolute atomic E-state index is 0.607. The molecule has 0 amide bonds. The van der Waals surface area contributed by atoms with Crippen molar-refractivity contribution in [3.63, 3.8) is 0 Å². The third kappa shape index (κ3) is 1.09. The maximum atomic E-state index is 5.59. The van der Waals surface area contributed by atoms with E-state index in [-0.39, 0.29) is 0 Å². The van der Waals surface area contributed by atoms with E-state index in [0.29, 0.717) is 10.9 Å². The highest BCUT2D eigenvalue weighted by atomic mass is 32.1. The molecule has 2 bridgehead atoms. The second kappa shape index (κ2) is 2.75. The first-order valence-electron chi connectivity index (χ1n) is 4.42. The highest BCUT2D eigenvalue weighted by Gasteiger charge is 2.23. The monoisotopic (exact) mass is 201 g/mol. The van der Waals surface area contributed by atoms with E-state index in [1.165, 1.54) is 5.57 Å². The quantitative estimate of drug-likeness (QED) is 0.602. The summed E-state index contributed by atoms with van der Waals surface area (Å²) in [6.07, 6.45) is 2.71. The fourth-order valence-corrected chi connectivity index (χ4v) is 1.98. The number of hydrogen-bond donors (Lipinski definition) is 0. The summed E-state index contributed by atoms with van der Waals surface area (Å²) in [7, 11) is 0. The summed E-state index contributed by atoms with van der Waals surface area (Å²) in [5.74, 6) is 1.59. The van der Waals surface area contributed by atoms with Crippen LogP contribution in [0.25, 0.3) is 5.57 Å². The number of rotatable bonds is 0. The average Bonchev–Trinajstić information content (AvgIpc) is 2.17. The highest BCUT2D eigenvalue weighted by Crippen LogP contribution is 2.35. The van der Waals surface area contributed by atoms with E-state index < -0.39 is 0 Å². The second-order valence-electron chi connectivity index (χ2n) is 3.29. The Labute approximate surface area is 86.9 Å². The van der Waals surface area contributed by atoms with Crippen LogP contribution in [0, 0.1) is 0 Å². The molecule has 3 heteroatoms. The van der Waals surface area contributed by atoms with Crippen molar-refractivity contribution in [1.82, 2.24) is 0 Å². The SMILES string of the molecule is S=C1C=C2CC(=N1)Oc1ccccc12. The van der Waals surface area contributed by atoms with Crippen molar-refractivity contribution in [3.05, 3.63) is 35.9 Å². The van der Waals surface area contributed by atoms with Crippen LogP contribution in [0.3, 0.4) is 0 Å². The molecule has 14 heavy (non-hydrogen) atoms. The number of hydrogen-bond acceptors (Lipinski definition) is 2. The van der Waals surface area contributed by atoms with Gasteiger partial charge in [-0.1, -0.05) is 30.4 Å². The number of para-hydroxylation sites is 1. The van der Waals surface area contributed by atoms with Crippen LogP contribution < -0.4 is 4.74 Å². The smallest absolute Gasteiger partial charge is 0.200 e. The Morgan fingerprint density at radius 1 is 1.29 bits per heavy atom. The van der Waals surface area contributed by atoms with E-state index in [9.17, 15) is 0 Å². The molecule has 1 aromatic rings. The molecular formula is C11H7NOS. The fraction of sp³-hybridized carbons (Fsp3) is 0.0909. The van der Waals surface area contributed by atoms with E-state index >= 15 is 0 Å². The Balaban J connectivity index is 2.24. The zero-order valence-electron chi connectivity index (χ0n) is 7.36. The van der Waals surface area contributed by atoms with E-state index in [4.69, 9.17) is 17.0 Å². The minimum Gasteiger partial charge on any atom is -0.442 e. The summed E-state index contributed by atoms with van der Waals surface area (Å²) in [6, 6.07) is 7.96. The number of nitrogens with zero attached hydrogens (tertiary/aromatic N) is 1. The van der Waals surface area contributed by atoms with Crippen LogP contribution in [0.15, 0.2) is 35.3 Å². The number of fused-ring (bicyclic) bond motifs is 4. The number of dihydropyridines is 1. The Morgan fingerprint density at radius 3 is 3.07 bits per heavy atom. The molecule has 0 spiro atoms. The summed E-state index contributed by atoms with van der Waals surface area (Å²) in [4.78, 5) is 4.76. The zero-order valence-corrected chi connectivity index (χ0v) is 8.17. The standard InChI is InChI=1S/C11H7NOS/c14-11-6-7-5-10(12-11)13-9-4-2-1-3-8(7)9/h1-4,6H,5H2. The van der Waals surface area contributed by atoms with Crippen LogP contribution in [0.2, 0.25) is 0 Å². The number of ether oxygens (including phenoxy) is 1. The topological polar surface area (TPSA) is 21.6 Å². The number of aliphatic imine (C=N–C) groups is 1. The number of thiocarbonyl (C=S) groups is 1. The molecule has 0 aliphatic carbocycles. The van der Waals surface area contributed by atoms with Crippen molar-refractivity contribution in [2.24, 2.45) is 4.99 Å². The van der Waals surface area contributed by atoms with Gasteiger partial charge in [0.1, 0.15) is 10.7 Å². The van der Waals surface area contributed by atoms with Crippen LogP contribution in [-0.2, 0) is 0 Å². The molecule has 1 aromatic carbocycles. The molecule has 3 rings (SSSR count). The fourth-order valence-electron chi connectivity index (χ4n) is 1.74. The van der Waals surface area contributed by atoms with Crippen LogP contribution in [-0.4, -0.2) is 10.9 Å². The molecule has 2 heterocycles. The van der Waals surface area contributed by atoms with Gasteiger partial charge in [0.15, 0.2) is 0 Å². The molecular weight excluding hydrogens is 194 g/mol. The van der Waals surface area contributed by atoms with E-state index in [1.54, 1.807) is 0 Å². The molecule has 0 fully saturated rings. The van der Waals surface area contributed by atoms with Crippen LogP contribution in [0.5, 0.6) is 5.75 Å². The minimum atomic E-state index is 0.607. The number of benzene rings is 1. The molecule has 0 aromatic heterocycles. The summed E-state index contributed by atoms with van der Waals surface area (Å²) < 4.78 is 5.59. The summed E-state index contributed by atoms with van der Waals surface area (Å²) >= 11 is 5.05. The van der Waals surface area contributed by atoms with E-state index in [0.717, 1.165) is 17.7 Å². The third-order valence-electron chi connectivity index (χ3n) is 2.34. The molecule has 0 unspecified atom stereocenters. The molecule has 0 radical (unpaired) electrons. The molecule has 0 atom stereocenters. The summed E-state index contributed by atoms with van der Waals surface area (Å²) in [5, 5.41) is 0. The summed E-state index contributed by atoms with van der Waals surface area (Å²) in [5.41, 5.74) is 2.34.